The third-order valence-electron chi connectivity index (χ3n) is 2.84. The third kappa shape index (κ3) is 1.96. The molecule has 1 N–H and O–H groups in total. The minimum absolute atomic E-state index is 0.117. The first-order chi connectivity index (χ1) is 7.61. The summed E-state index contributed by atoms with van der Waals surface area (Å²) in [6.07, 6.45) is 4.35. The van der Waals surface area contributed by atoms with Gasteiger partial charge in [-0.15, -0.1) is 0 Å². The van der Waals surface area contributed by atoms with Gasteiger partial charge in [-0.2, -0.15) is 0 Å². The van der Waals surface area contributed by atoms with E-state index in [0.29, 0.717) is 5.92 Å². The van der Waals surface area contributed by atoms with Crippen LogP contribution in [0.4, 0.5) is 0 Å². The topological polar surface area (TPSA) is 20.2 Å². The summed E-state index contributed by atoms with van der Waals surface area (Å²) in [4.78, 5) is 0. The lowest BCUT2D eigenvalue weighted by Gasteiger charge is -2.05. The fraction of sp³-hybridized carbons (Fsp3) is 0.333. The van der Waals surface area contributed by atoms with E-state index in [-0.39, 0.29) is 6.61 Å². The Bertz CT molecular complexity index is 464. The molecule has 0 atom stereocenters. The standard InChI is InChI=1S/C15H18O/c1-10(2)6-12-8-13(9-16)14-5-4-11(3)7-15(12)14/h4-8,10,16H,9H2,1-3H3/b12-6+. The molecule has 0 bridgehead atoms. The van der Waals surface area contributed by atoms with Gasteiger partial charge in [0.05, 0.1) is 6.61 Å². The number of aliphatic hydroxyl groups is 1. The van der Waals surface area contributed by atoms with Crippen LogP contribution in [0, 0.1) is 12.8 Å². The Morgan fingerprint density at radius 3 is 2.62 bits per heavy atom. The smallest absolute Gasteiger partial charge is 0.0688 e. The molecule has 0 amide bonds. The van der Waals surface area contributed by atoms with Gasteiger partial charge in [-0.05, 0) is 41.2 Å². The maximum Gasteiger partial charge on any atom is 0.0688 e. The van der Waals surface area contributed by atoms with Crippen LogP contribution in [0.15, 0.2) is 30.4 Å². The number of hydrogen-bond donors (Lipinski definition) is 1. The van der Waals surface area contributed by atoms with Gasteiger partial charge >= 0.3 is 0 Å². The van der Waals surface area contributed by atoms with Gasteiger partial charge in [0.15, 0.2) is 0 Å². The molecule has 0 spiro atoms. The minimum atomic E-state index is 0.117. The molecular formula is C15H18O. The van der Waals surface area contributed by atoms with Crippen molar-refractivity contribution in [1.82, 2.24) is 0 Å². The van der Waals surface area contributed by atoms with Gasteiger partial charge < -0.3 is 5.11 Å². The van der Waals surface area contributed by atoms with Crippen molar-refractivity contribution < 1.29 is 5.11 Å². The molecule has 1 nitrogen and oxygen atoms in total. The van der Waals surface area contributed by atoms with E-state index in [1.807, 2.05) is 0 Å². The van der Waals surface area contributed by atoms with Crippen LogP contribution in [0.3, 0.4) is 0 Å². The van der Waals surface area contributed by atoms with Crippen LogP contribution >= 0.6 is 0 Å². The summed E-state index contributed by atoms with van der Waals surface area (Å²) in [7, 11) is 0. The molecule has 0 saturated carbocycles. The molecule has 1 heteroatoms. The number of rotatable bonds is 2. The van der Waals surface area contributed by atoms with E-state index in [1.165, 1.54) is 22.3 Å². The van der Waals surface area contributed by atoms with Crippen LogP contribution in [0.2, 0.25) is 0 Å². The minimum Gasteiger partial charge on any atom is -0.392 e. The van der Waals surface area contributed by atoms with Gasteiger partial charge in [-0.1, -0.05) is 43.7 Å². The summed E-state index contributed by atoms with van der Waals surface area (Å²) in [5.41, 5.74) is 5.98. The van der Waals surface area contributed by atoms with Gasteiger partial charge in [-0.3, -0.25) is 0 Å². The zero-order valence-corrected chi connectivity index (χ0v) is 10.1. The lowest BCUT2D eigenvalue weighted by Crippen LogP contribution is -1.89. The van der Waals surface area contributed by atoms with Crippen molar-refractivity contribution in [2.24, 2.45) is 5.92 Å². The van der Waals surface area contributed by atoms with E-state index in [9.17, 15) is 5.11 Å². The van der Waals surface area contributed by atoms with E-state index in [2.05, 4.69) is 51.1 Å². The van der Waals surface area contributed by atoms with Crippen molar-refractivity contribution in [3.05, 3.63) is 47.0 Å². The summed E-state index contributed by atoms with van der Waals surface area (Å²) >= 11 is 0. The zero-order valence-electron chi connectivity index (χ0n) is 10.1. The maximum absolute atomic E-state index is 9.34. The van der Waals surface area contributed by atoms with Crippen molar-refractivity contribution >= 4 is 11.1 Å². The predicted octanol–water partition coefficient (Wildman–Crippen LogP) is 3.42. The average Bonchev–Trinajstić information content (AvgIpc) is 2.55. The molecule has 16 heavy (non-hydrogen) atoms. The summed E-state index contributed by atoms with van der Waals surface area (Å²) in [6, 6.07) is 6.40. The van der Waals surface area contributed by atoms with E-state index < -0.39 is 0 Å². The van der Waals surface area contributed by atoms with Crippen LogP contribution in [-0.2, 0) is 0 Å². The van der Waals surface area contributed by atoms with Crippen LogP contribution in [-0.4, -0.2) is 11.7 Å². The van der Waals surface area contributed by atoms with E-state index >= 15 is 0 Å². The molecule has 1 aliphatic carbocycles. The fourth-order valence-electron chi connectivity index (χ4n) is 2.15. The maximum atomic E-state index is 9.34. The van der Waals surface area contributed by atoms with Crippen molar-refractivity contribution in [3.8, 4) is 0 Å². The molecule has 0 aromatic heterocycles. The highest BCUT2D eigenvalue weighted by Crippen LogP contribution is 2.36. The Hall–Kier alpha value is -1.34. The number of benzene rings is 1. The van der Waals surface area contributed by atoms with Crippen LogP contribution < -0.4 is 0 Å². The second-order valence-corrected chi connectivity index (χ2v) is 4.74. The highest BCUT2D eigenvalue weighted by molar-refractivity contribution is 5.96. The van der Waals surface area contributed by atoms with Crippen molar-refractivity contribution in [2.45, 2.75) is 20.8 Å². The molecule has 84 valence electrons. The first-order valence-corrected chi connectivity index (χ1v) is 5.76. The first-order valence-electron chi connectivity index (χ1n) is 5.76. The first kappa shape index (κ1) is 11.2. The van der Waals surface area contributed by atoms with Gasteiger partial charge in [-0.25, -0.2) is 0 Å². The molecule has 1 aromatic carbocycles. The van der Waals surface area contributed by atoms with Crippen molar-refractivity contribution in [1.29, 1.82) is 0 Å². The number of hydrogen-bond acceptors (Lipinski definition) is 1. The summed E-state index contributed by atoms with van der Waals surface area (Å²) < 4.78 is 0. The Morgan fingerprint density at radius 2 is 2.00 bits per heavy atom. The molecule has 2 rings (SSSR count). The summed E-state index contributed by atoms with van der Waals surface area (Å²) in [5.74, 6) is 0.526. The molecule has 0 aliphatic heterocycles. The summed E-state index contributed by atoms with van der Waals surface area (Å²) in [5, 5.41) is 9.34. The highest BCUT2D eigenvalue weighted by atomic mass is 16.3. The van der Waals surface area contributed by atoms with Gasteiger partial charge in [0.2, 0.25) is 0 Å². The van der Waals surface area contributed by atoms with E-state index in [0.717, 1.165) is 5.57 Å². The molecular weight excluding hydrogens is 196 g/mol. The molecule has 0 radical (unpaired) electrons. The molecule has 0 fully saturated rings. The SMILES string of the molecule is Cc1ccc2c(c1)/C(=C/C(C)C)C=C2CO. The quantitative estimate of drug-likeness (QED) is 0.799. The summed E-state index contributed by atoms with van der Waals surface area (Å²) in [6.45, 7) is 6.57. The Labute approximate surface area is 97.1 Å². The molecule has 1 aliphatic rings. The number of aryl methyl sites for hydroxylation is 1. The van der Waals surface area contributed by atoms with Crippen LogP contribution in [0.5, 0.6) is 0 Å². The van der Waals surface area contributed by atoms with E-state index in [4.69, 9.17) is 0 Å². The number of fused-ring (bicyclic) bond motifs is 1. The number of allylic oxidation sites excluding steroid dienone is 3. The average molecular weight is 214 g/mol. The molecule has 1 aromatic rings. The van der Waals surface area contributed by atoms with Gasteiger partial charge in [0.25, 0.3) is 0 Å². The number of aliphatic hydroxyl groups excluding tert-OH is 1. The predicted molar refractivity (Wildman–Crippen MR) is 69.1 cm³/mol. The largest absolute Gasteiger partial charge is 0.392 e. The highest BCUT2D eigenvalue weighted by Gasteiger charge is 2.17. The fourth-order valence-corrected chi connectivity index (χ4v) is 2.15. The van der Waals surface area contributed by atoms with Crippen molar-refractivity contribution in [3.63, 3.8) is 0 Å². The Morgan fingerprint density at radius 1 is 1.25 bits per heavy atom. The second-order valence-electron chi connectivity index (χ2n) is 4.74. The lowest BCUT2D eigenvalue weighted by molar-refractivity contribution is 0.350. The van der Waals surface area contributed by atoms with Crippen molar-refractivity contribution in [2.75, 3.05) is 6.61 Å². The third-order valence-corrected chi connectivity index (χ3v) is 2.84. The lowest BCUT2D eigenvalue weighted by atomic mass is 10.00. The second kappa shape index (κ2) is 4.26. The normalized spacial score (nSPS) is 16.8. The molecule has 0 heterocycles. The van der Waals surface area contributed by atoms with Crippen LogP contribution in [0.1, 0.15) is 30.5 Å². The Kier molecular flexibility index (Phi) is 2.97. The zero-order chi connectivity index (χ0) is 11.7. The Balaban J connectivity index is 2.55. The van der Waals surface area contributed by atoms with Gasteiger partial charge in [0.1, 0.15) is 0 Å². The van der Waals surface area contributed by atoms with E-state index in [1.54, 1.807) is 0 Å². The molecule has 0 saturated heterocycles. The monoisotopic (exact) mass is 214 g/mol. The molecule has 0 unspecified atom stereocenters. The van der Waals surface area contributed by atoms with Gasteiger partial charge in [0, 0.05) is 0 Å². The van der Waals surface area contributed by atoms with Crippen LogP contribution in [0.25, 0.3) is 11.1 Å².